The number of carboxylic acids is 1. The van der Waals surface area contributed by atoms with E-state index in [0.29, 0.717) is 16.0 Å². The molecule has 2 aromatic heterocycles. The molecule has 1 atom stereocenters. The highest BCUT2D eigenvalue weighted by atomic mass is 32.1. The fourth-order valence-corrected chi connectivity index (χ4v) is 3.79. The number of carbonyl (C=O) groups excluding carboxylic acids is 1. The number of amides is 1. The van der Waals surface area contributed by atoms with Gasteiger partial charge in [0.15, 0.2) is 0 Å². The number of nitrogens with zero attached hydrogens (tertiary/aromatic N) is 1. The number of aliphatic carboxylic acids is 1. The van der Waals surface area contributed by atoms with Crippen LogP contribution in [0.2, 0.25) is 0 Å². The topological polar surface area (TPSA) is 112 Å². The Morgan fingerprint density at radius 1 is 1.35 bits per heavy atom. The summed E-state index contributed by atoms with van der Waals surface area (Å²) < 4.78 is 0. The average Bonchev–Trinajstić information content (AvgIpc) is 2.79. The van der Waals surface area contributed by atoms with Crippen LogP contribution < -0.4 is 10.9 Å². The molecule has 0 aliphatic carbocycles. The monoisotopic (exact) mass is 379 g/mol. The van der Waals surface area contributed by atoms with Gasteiger partial charge in [-0.15, -0.1) is 11.3 Å². The molecule has 26 heavy (non-hydrogen) atoms. The molecule has 0 aliphatic heterocycles. The molecule has 7 nitrogen and oxygen atoms in total. The molecule has 1 unspecified atom stereocenters. The fraction of sp³-hybridized carbons (Fsp3) is 0.556. The average molecular weight is 379 g/mol. The molecule has 1 amide bonds. The van der Waals surface area contributed by atoms with Crippen LogP contribution in [-0.4, -0.2) is 32.5 Å². The molecule has 0 aliphatic rings. The third-order valence-electron chi connectivity index (χ3n) is 4.89. The lowest BCUT2D eigenvalue weighted by Gasteiger charge is -2.33. The number of hydrogen-bond donors (Lipinski definition) is 3. The molecule has 2 aromatic rings. The Morgan fingerprint density at radius 3 is 2.58 bits per heavy atom. The van der Waals surface area contributed by atoms with Crippen LogP contribution in [0.3, 0.4) is 0 Å². The van der Waals surface area contributed by atoms with E-state index in [2.05, 4.69) is 15.3 Å². The lowest BCUT2D eigenvalue weighted by molar-refractivity contribution is -0.139. The number of fused-ring (bicyclic) bond motifs is 1. The molecule has 0 saturated carbocycles. The van der Waals surface area contributed by atoms with Gasteiger partial charge in [0.05, 0.1) is 11.8 Å². The van der Waals surface area contributed by atoms with Crippen molar-refractivity contribution in [3.8, 4) is 0 Å². The van der Waals surface area contributed by atoms with Gasteiger partial charge in [0, 0.05) is 23.3 Å². The highest BCUT2D eigenvalue weighted by molar-refractivity contribution is 7.18. The molecule has 0 radical (unpaired) electrons. The second-order valence-electron chi connectivity index (χ2n) is 7.17. The summed E-state index contributed by atoms with van der Waals surface area (Å²) in [7, 11) is 0. The molecule has 0 saturated heterocycles. The van der Waals surface area contributed by atoms with E-state index in [1.54, 1.807) is 6.92 Å². The molecular formula is C18H25N3O4S. The van der Waals surface area contributed by atoms with Gasteiger partial charge in [0.25, 0.3) is 5.56 Å². The van der Waals surface area contributed by atoms with Gasteiger partial charge in [0.1, 0.15) is 10.7 Å². The molecule has 2 heterocycles. The predicted molar refractivity (Wildman–Crippen MR) is 102 cm³/mol. The Kier molecular flexibility index (Phi) is 5.85. The largest absolute Gasteiger partial charge is 0.481 e. The SMILES string of the molecule is Cc1sc2nc(CCC(=O)NC(C)(CC(=O)O)C(C)C)[nH]c(=O)c2c1C. The zero-order chi connectivity index (χ0) is 19.6. The first-order valence-electron chi connectivity index (χ1n) is 8.55. The quantitative estimate of drug-likeness (QED) is 0.684. The Morgan fingerprint density at radius 2 is 2.00 bits per heavy atom. The molecular weight excluding hydrogens is 354 g/mol. The summed E-state index contributed by atoms with van der Waals surface area (Å²) in [6, 6.07) is 0. The summed E-state index contributed by atoms with van der Waals surface area (Å²) in [6.45, 7) is 9.32. The van der Waals surface area contributed by atoms with E-state index in [1.165, 1.54) is 11.3 Å². The number of nitrogens with one attached hydrogen (secondary N) is 2. The molecule has 0 bridgehead atoms. The molecule has 3 N–H and O–H groups in total. The Labute approximate surface area is 155 Å². The van der Waals surface area contributed by atoms with Gasteiger partial charge in [-0.1, -0.05) is 13.8 Å². The van der Waals surface area contributed by atoms with Crippen LogP contribution in [0, 0.1) is 19.8 Å². The lowest BCUT2D eigenvalue weighted by atomic mass is 9.85. The summed E-state index contributed by atoms with van der Waals surface area (Å²) in [6.07, 6.45) is 0.263. The van der Waals surface area contributed by atoms with E-state index in [0.717, 1.165) is 10.4 Å². The van der Waals surface area contributed by atoms with Crippen molar-refractivity contribution in [2.24, 2.45) is 5.92 Å². The number of rotatable bonds is 7. The Hall–Kier alpha value is -2.22. The predicted octanol–water partition coefficient (Wildman–Crippen LogP) is 2.54. The van der Waals surface area contributed by atoms with Gasteiger partial charge in [-0.25, -0.2) is 4.98 Å². The first kappa shape index (κ1) is 20.1. The highest BCUT2D eigenvalue weighted by Crippen LogP contribution is 2.26. The number of carbonyl (C=O) groups is 2. The zero-order valence-electron chi connectivity index (χ0n) is 15.7. The number of thiophene rings is 1. The minimum atomic E-state index is -0.957. The summed E-state index contributed by atoms with van der Waals surface area (Å²) in [4.78, 5) is 44.6. The number of H-pyrrole nitrogens is 1. The molecule has 0 spiro atoms. The van der Waals surface area contributed by atoms with Crippen LogP contribution in [0.4, 0.5) is 0 Å². The van der Waals surface area contributed by atoms with E-state index in [9.17, 15) is 14.4 Å². The lowest BCUT2D eigenvalue weighted by Crippen LogP contribution is -2.51. The number of carboxylic acid groups (broad SMARTS) is 1. The van der Waals surface area contributed by atoms with Crippen LogP contribution in [0.15, 0.2) is 4.79 Å². The van der Waals surface area contributed by atoms with E-state index in [1.807, 2.05) is 27.7 Å². The van der Waals surface area contributed by atoms with Crippen LogP contribution in [0.1, 0.15) is 49.9 Å². The standard InChI is InChI=1S/C18H25N3O4S/c1-9(2)18(5,8-14(23)24)21-13(22)7-6-12-19-16(25)15-10(3)11(4)26-17(15)20-12/h9H,6-8H2,1-5H3,(H,21,22)(H,23,24)(H,19,20,25). The fourth-order valence-electron chi connectivity index (χ4n) is 2.74. The van der Waals surface area contributed by atoms with Crippen molar-refractivity contribution in [2.45, 2.75) is 59.4 Å². The summed E-state index contributed by atoms with van der Waals surface area (Å²) in [5.41, 5.74) is -0.0788. The molecule has 2 rings (SSSR count). The first-order valence-corrected chi connectivity index (χ1v) is 9.37. The van der Waals surface area contributed by atoms with Gasteiger partial charge in [-0.3, -0.25) is 14.4 Å². The van der Waals surface area contributed by atoms with E-state index < -0.39 is 11.5 Å². The maximum atomic E-state index is 12.3. The third kappa shape index (κ3) is 4.30. The third-order valence-corrected chi connectivity index (χ3v) is 6.00. The zero-order valence-corrected chi connectivity index (χ0v) is 16.5. The summed E-state index contributed by atoms with van der Waals surface area (Å²) >= 11 is 1.47. The highest BCUT2D eigenvalue weighted by Gasteiger charge is 2.32. The molecule has 0 fully saturated rings. The first-order chi connectivity index (χ1) is 12.0. The summed E-state index contributed by atoms with van der Waals surface area (Å²) in [5.74, 6) is -0.789. The van der Waals surface area contributed by atoms with Gasteiger partial charge in [0.2, 0.25) is 5.91 Å². The van der Waals surface area contributed by atoms with Crippen LogP contribution >= 0.6 is 11.3 Å². The molecule has 142 valence electrons. The number of aromatic nitrogens is 2. The van der Waals surface area contributed by atoms with Crippen molar-refractivity contribution in [1.29, 1.82) is 0 Å². The maximum Gasteiger partial charge on any atom is 0.305 e. The summed E-state index contributed by atoms with van der Waals surface area (Å²) in [5, 5.41) is 12.5. The minimum absolute atomic E-state index is 0.0334. The Bertz CT molecular complexity index is 900. The van der Waals surface area contributed by atoms with Crippen molar-refractivity contribution < 1.29 is 14.7 Å². The molecule has 8 heteroatoms. The smallest absolute Gasteiger partial charge is 0.305 e. The van der Waals surface area contributed by atoms with Crippen molar-refractivity contribution in [3.05, 3.63) is 26.6 Å². The van der Waals surface area contributed by atoms with Gasteiger partial charge in [-0.2, -0.15) is 0 Å². The van der Waals surface area contributed by atoms with Crippen molar-refractivity contribution >= 4 is 33.4 Å². The van der Waals surface area contributed by atoms with Gasteiger partial charge < -0.3 is 15.4 Å². The van der Waals surface area contributed by atoms with Gasteiger partial charge >= 0.3 is 5.97 Å². The number of aromatic amines is 1. The maximum absolute atomic E-state index is 12.3. The van der Waals surface area contributed by atoms with Crippen LogP contribution in [0.5, 0.6) is 0 Å². The minimum Gasteiger partial charge on any atom is -0.481 e. The number of aryl methyl sites for hydroxylation is 3. The van der Waals surface area contributed by atoms with Crippen molar-refractivity contribution in [2.75, 3.05) is 0 Å². The van der Waals surface area contributed by atoms with Crippen molar-refractivity contribution in [3.63, 3.8) is 0 Å². The second kappa shape index (κ2) is 7.57. The van der Waals surface area contributed by atoms with Crippen LogP contribution in [-0.2, 0) is 16.0 Å². The van der Waals surface area contributed by atoms with Crippen LogP contribution in [0.25, 0.3) is 10.2 Å². The van der Waals surface area contributed by atoms with Crippen molar-refractivity contribution in [1.82, 2.24) is 15.3 Å². The van der Waals surface area contributed by atoms with E-state index >= 15 is 0 Å². The Balaban J connectivity index is 2.10. The second-order valence-corrected chi connectivity index (χ2v) is 8.37. The van der Waals surface area contributed by atoms with E-state index in [-0.39, 0.29) is 36.6 Å². The molecule has 0 aromatic carbocycles. The normalized spacial score (nSPS) is 13.8. The van der Waals surface area contributed by atoms with Gasteiger partial charge in [-0.05, 0) is 32.3 Å². The number of hydrogen-bond acceptors (Lipinski definition) is 5. The van der Waals surface area contributed by atoms with E-state index in [4.69, 9.17) is 5.11 Å².